The number of hydrogen-bond acceptors (Lipinski definition) is 5. The van der Waals surface area contributed by atoms with Gasteiger partial charge in [-0.25, -0.2) is 9.59 Å². The summed E-state index contributed by atoms with van der Waals surface area (Å²) in [6.45, 7) is 5.35. The number of likely N-dealkylation sites (tertiary alicyclic amines) is 1. The van der Waals surface area contributed by atoms with E-state index < -0.39 is 0 Å². The number of allylic oxidation sites excluding steroid dienone is 1. The van der Waals surface area contributed by atoms with Crippen molar-refractivity contribution in [1.82, 2.24) is 10.2 Å². The second-order valence-electron chi connectivity index (χ2n) is 9.65. The molecule has 1 heterocycles. The molecular formula is C29H36N2O5. The molecule has 1 saturated carbocycles. The van der Waals surface area contributed by atoms with Crippen LogP contribution in [0.15, 0.2) is 60.2 Å². The van der Waals surface area contributed by atoms with E-state index in [4.69, 9.17) is 14.2 Å². The molecule has 192 valence electrons. The zero-order valence-corrected chi connectivity index (χ0v) is 21.0. The normalized spacial score (nSPS) is 15.5. The van der Waals surface area contributed by atoms with E-state index in [9.17, 15) is 9.59 Å². The highest BCUT2D eigenvalue weighted by molar-refractivity contribution is 5.70. The van der Waals surface area contributed by atoms with Crippen molar-refractivity contribution in [2.45, 2.75) is 45.6 Å². The monoisotopic (exact) mass is 492 g/mol. The van der Waals surface area contributed by atoms with Crippen LogP contribution < -0.4 is 10.1 Å². The van der Waals surface area contributed by atoms with Gasteiger partial charge >= 0.3 is 12.2 Å². The van der Waals surface area contributed by atoms with Crippen LogP contribution in [0.1, 0.15) is 50.2 Å². The Morgan fingerprint density at radius 1 is 0.972 bits per heavy atom. The zero-order chi connectivity index (χ0) is 25.2. The summed E-state index contributed by atoms with van der Waals surface area (Å²) < 4.78 is 16.4. The number of nitrogens with zero attached hydrogens (tertiary/aromatic N) is 1. The number of unbranched alkanes of at least 4 members (excludes halogenated alkanes) is 2. The van der Waals surface area contributed by atoms with Crippen LogP contribution in [0.25, 0.3) is 6.08 Å². The molecule has 2 aliphatic rings. The van der Waals surface area contributed by atoms with E-state index in [1.165, 1.54) is 5.57 Å². The lowest BCUT2D eigenvalue weighted by Crippen LogP contribution is -2.62. The number of nitrogens with one attached hydrogen (secondary N) is 1. The summed E-state index contributed by atoms with van der Waals surface area (Å²) in [5, 5.41) is 2.80. The number of carbonyl (C=O) groups excluding carboxylic acids is 2. The second-order valence-corrected chi connectivity index (χ2v) is 9.65. The third-order valence-corrected chi connectivity index (χ3v) is 6.62. The molecule has 2 aromatic carbocycles. The van der Waals surface area contributed by atoms with Crippen LogP contribution in [0, 0.1) is 5.41 Å². The van der Waals surface area contributed by atoms with Crippen molar-refractivity contribution in [3.05, 3.63) is 71.3 Å². The number of para-hydroxylation sites is 1. The molecule has 1 spiro atoms. The Kier molecular flexibility index (Phi) is 8.87. The number of ether oxygens (including phenoxy) is 3. The van der Waals surface area contributed by atoms with Crippen LogP contribution in [0.3, 0.4) is 0 Å². The molecular weight excluding hydrogens is 456 g/mol. The average Bonchev–Trinajstić information content (AvgIpc) is 2.84. The molecule has 2 aromatic rings. The fraction of sp³-hybridized carbons (Fsp3) is 0.448. The van der Waals surface area contributed by atoms with E-state index in [-0.39, 0.29) is 24.2 Å². The number of benzene rings is 2. The molecule has 1 N–H and O–H groups in total. The van der Waals surface area contributed by atoms with Crippen LogP contribution >= 0.6 is 0 Å². The predicted molar refractivity (Wildman–Crippen MR) is 139 cm³/mol. The fourth-order valence-electron chi connectivity index (χ4n) is 4.85. The smallest absolute Gasteiger partial charge is 0.409 e. The first kappa shape index (κ1) is 25.6. The Morgan fingerprint density at radius 2 is 1.72 bits per heavy atom. The van der Waals surface area contributed by atoms with Gasteiger partial charge in [-0.15, -0.1) is 0 Å². The maximum atomic E-state index is 11.8. The van der Waals surface area contributed by atoms with Crippen molar-refractivity contribution >= 4 is 18.3 Å². The largest absolute Gasteiger partial charge is 0.493 e. The number of hydrogen-bond donors (Lipinski definition) is 1. The summed E-state index contributed by atoms with van der Waals surface area (Å²) in [6.07, 6.45) is 6.46. The highest BCUT2D eigenvalue weighted by atomic mass is 16.6. The number of amides is 2. The molecule has 2 amide bonds. The van der Waals surface area contributed by atoms with Crippen LogP contribution in [-0.2, 0) is 16.1 Å². The average molecular weight is 493 g/mol. The van der Waals surface area contributed by atoms with Crippen LogP contribution in [0.4, 0.5) is 9.59 Å². The van der Waals surface area contributed by atoms with Gasteiger partial charge in [-0.1, -0.05) is 60.2 Å². The Balaban J connectivity index is 1.10. The van der Waals surface area contributed by atoms with E-state index in [0.717, 1.165) is 62.1 Å². The maximum absolute atomic E-state index is 11.8. The van der Waals surface area contributed by atoms with Crippen LogP contribution in [-0.4, -0.2) is 49.9 Å². The van der Waals surface area contributed by atoms with Crippen LogP contribution in [0.2, 0.25) is 0 Å². The van der Waals surface area contributed by atoms with E-state index in [1.807, 2.05) is 55.5 Å². The van der Waals surface area contributed by atoms with E-state index in [1.54, 1.807) is 4.90 Å². The maximum Gasteiger partial charge on any atom is 0.409 e. The molecule has 2 fully saturated rings. The van der Waals surface area contributed by atoms with Gasteiger partial charge in [0.05, 0.1) is 13.2 Å². The second kappa shape index (κ2) is 12.5. The molecule has 0 atom stereocenters. The van der Waals surface area contributed by atoms with Gasteiger partial charge in [-0.2, -0.15) is 0 Å². The number of rotatable bonds is 11. The van der Waals surface area contributed by atoms with Crippen molar-refractivity contribution in [1.29, 1.82) is 0 Å². The Morgan fingerprint density at radius 3 is 2.50 bits per heavy atom. The van der Waals surface area contributed by atoms with Gasteiger partial charge in [0.2, 0.25) is 0 Å². The Hall–Kier alpha value is -3.48. The molecule has 1 saturated heterocycles. The lowest BCUT2D eigenvalue weighted by atomic mass is 9.60. The minimum absolute atomic E-state index is 0.196. The van der Waals surface area contributed by atoms with Crippen molar-refractivity contribution < 1.29 is 23.8 Å². The Labute approximate surface area is 213 Å². The van der Waals surface area contributed by atoms with Crippen molar-refractivity contribution in [3.8, 4) is 5.75 Å². The molecule has 7 heteroatoms. The number of alkyl carbamates (subject to hydrolysis) is 1. The zero-order valence-electron chi connectivity index (χ0n) is 21.0. The van der Waals surface area contributed by atoms with Crippen molar-refractivity contribution in [2.24, 2.45) is 5.41 Å². The molecule has 7 nitrogen and oxygen atoms in total. The first-order valence-corrected chi connectivity index (χ1v) is 12.8. The van der Waals surface area contributed by atoms with Crippen molar-refractivity contribution in [2.75, 3.05) is 32.8 Å². The molecule has 0 radical (unpaired) electrons. The van der Waals surface area contributed by atoms with Gasteiger partial charge in [0.15, 0.2) is 0 Å². The highest BCUT2D eigenvalue weighted by Crippen LogP contribution is 2.52. The first-order valence-electron chi connectivity index (χ1n) is 12.8. The van der Waals surface area contributed by atoms with Gasteiger partial charge in [0, 0.05) is 30.6 Å². The lowest BCUT2D eigenvalue weighted by Gasteiger charge is -2.56. The van der Waals surface area contributed by atoms with E-state index in [2.05, 4.69) is 17.5 Å². The van der Waals surface area contributed by atoms with Gasteiger partial charge in [0.25, 0.3) is 0 Å². The Bertz CT molecular complexity index is 1040. The number of carbonyl (C=O) groups is 2. The summed E-state index contributed by atoms with van der Waals surface area (Å²) in [4.78, 5) is 25.4. The fourth-order valence-corrected chi connectivity index (χ4v) is 4.85. The molecule has 0 unspecified atom stereocenters. The predicted octanol–water partition coefficient (Wildman–Crippen LogP) is 5.80. The SMILES string of the molecule is CCOC(=O)N1CC2(CC(=Cc3ccccc3OCCCCCNC(=O)OCc3ccccc3)C2)C1. The molecule has 1 aliphatic carbocycles. The molecule has 0 aromatic heterocycles. The summed E-state index contributed by atoms with van der Waals surface area (Å²) >= 11 is 0. The summed E-state index contributed by atoms with van der Waals surface area (Å²) in [5.74, 6) is 0.898. The summed E-state index contributed by atoms with van der Waals surface area (Å²) in [6, 6.07) is 17.8. The molecule has 1 aliphatic heterocycles. The third-order valence-electron chi connectivity index (χ3n) is 6.62. The topological polar surface area (TPSA) is 77.1 Å². The third kappa shape index (κ3) is 7.03. The highest BCUT2D eigenvalue weighted by Gasteiger charge is 2.51. The standard InChI is InChI=1S/C29H36N2O5/c1-2-34-28(33)31-21-29(22-31)18-24(19-29)17-25-13-7-8-14-26(25)35-16-10-4-9-15-30-27(32)36-20-23-11-5-3-6-12-23/h3,5-8,11-14,17H,2,4,9-10,15-16,18-22H2,1H3,(H,30,32). The van der Waals surface area contributed by atoms with E-state index in [0.29, 0.717) is 19.8 Å². The van der Waals surface area contributed by atoms with Gasteiger partial charge in [0.1, 0.15) is 12.4 Å². The summed E-state index contributed by atoms with van der Waals surface area (Å²) in [7, 11) is 0. The van der Waals surface area contributed by atoms with Gasteiger partial charge in [-0.05, 0) is 50.7 Å². The van der Waals surface area contributed by atoms with Crippen molar-refractivity contribution in [3.63, 3.8) is 0 Å². The van der Waals surface area contributed by atoms with Gasteiger partial charge in [-0.3, -0.25) is 0 Å². The lowest BCUT2D eigenvalue weighted by molar-refractivity contribution is -0.0255. The first-order chi connectivity index (χ1) is 17.6. The van der Waals surface area contributed by atoms with Crippen LogP contribution in [0.5, 0.6) is 5.75 Å². The molecule has 4 rings (SSSR count). The molecule has 0 bridgehead atoms. The minimum atomic E-state index is -0.384. The summed E-state index contributed by atoms with van der Waals surface area (Å²) in [5.41, 5.74) is 3.73. The molecule has 36 heavy (non-hydrogen) atoms. The quantitative estimate of drug-likeness (QED) is 0.401. The van der Waals surface area contributed by atoms with Gasteiger partial charge < -0.3 is 24.4 Å². The minimum Gasteiger partial charge on any atom is -0.493 e. The van der Waals surface area contributed by atoms with E-state index >= 15 is 0 Å².